The summed E-state index contributed by atoms with van der Waals surface area (Å²) < 4.78 is 45.2. The van der Waals surface area contributed by atoms with Gasteiger partial charge in [-0.1, -0.05) is 18.5 Å². The maximum absolute atomic E-state index is 13.5. The highest BCUT2D eigenvalue weighted by Crippen LogP contribution is 2.36. The maximum Gasteiger partial charge on any atom is 0.280 e. The van der Waals surface area contributed by atoms with Gasteiger partial charge in [-0.05, 0) is 43.2 Å². The van der Waals surface area contributed by atoms with Crippen LogP contribution < -0.4 is 10.0 Å². The van der Waals surface area contributed by atoms with E-state index in [2.05, 4.69) is 15.1 Å². The smallest absolute Gasteiger partial charge is 0.280 e. The Labute approximate surface area is 200 Å². The van der Waals surface area contributed by atoms with Gasteiger partial charge in [0.15, 0.2) is 0 Å². The number of hydrogen-bond donors (Lipinski definition) is 2. The molecule has 176 valence electrons. The number of nitrogens with zero attached hydrogens (tertiary/aromatic N) is 3. The standard InChI is InChI=1S/C21H23ClFN5O3S2/c1-3-8-28-18(21(29)25-14-4-5-16(23)15(22)9-14)10-17(26-33(28,30)31)20-7-6-19(32-20)13-11-24-27(2)12-13/h4-7,9,11-12,17-18,26H,3,8,10H2,1-2H3,(H,25,29). The van der Waals surface area contributed by atoms with Crippen LogP contribution in [0.25, 0.3) is 10.4 Å². The number of carbonyl (C=O) groups is 1. The van der Waals surface area contributed by atoms with Gasteiger partial charge in [0, 0.05) is 40.8 Å². The van der Waals surface area contributed by atoms with Gasteiger partial charge in [0.25, 0.3) is 10.2 Å². The van der Waals surface area contributed by atoms with Gasteiger partial charge in [-0.25, -0.2) is 4.39 Å². The number of nitrogens with one attached hydrogen (secondary N) is 2. The Bertz CT molecular complexity index is 1280. The Kier molecular flexibility index (Phi) is 6.87. The average molecular weight is 512 g/mol. The monoisotopic (exact) mass is 511 g/mol. The third-order valence-corrected chi connectivity index (χ3v) is 8.47. The first-order valence-corrected chi connectivity index (χ1v) is 12.9. The minimum atomic E-state index is -3.91. The first-order chi connectivity index (χ1) is 15.7. The Balaban J connectivity index is 1.60. The number of anilines is 1. The van der Waals surface area contributed by atoms with Crippen LogP contribution in [0.4, 0.5) is 10.1 Å². The second-order valence-electron chi connectivity index (χ2n) is 7.76. The van der Waals surface area contributed by atoms with Crippen molar-refractivity contribution in [1.82, 2.24) is 18.8 Å². The van der Waals surface area contributed by atoms with Crippen LogP contribution in [0.2, 0.25) is 5.02 Å². The average Bonchev–Trinajstić information content (AvgIpc) is 3.41. The number of amides is 1. The van der Waals surface area contributed by atoms with Crippen LogP contribution in [0, 0.1) is 5.82 Å². The van der Waals surface area contributed by atoms with Crippen LogP contribution in [0.5, 0.6) is 0 Å². The van der Waals surface area contributed by atoms with Gasteiger partial charge in [0.05, 0.1) is 17.3 Å². The third kappa shape index (κ3) is 5.12. The van der Waals surface area contributed by atoms with E-state index in [0.29, 0.717) is 12.1 Å². The summed E-state index contributed by atoms with van der Waals surface area (Å²) in [6, 6.07) is 6.11. The number of benzene rings is 1. The molecule has 1 saturated heterocycles. The molecular weight excluding hydrogens is 489 g/mol. The van der Waals surface area contributed by atoms with Crippen LogP contribution >= 0.6 is 22.9 Å². The molecule has 0 bridgehead atoms. The van der Waals surface area contributed by atoms with Crippen molar-refractivity contribution in [3.63, 3.8) is 0 Å². The normalized spacial score (nSPS) is 20.6. The van der Waals surface area contributed by atoms with Gasteiger partial charge in [0.1, 0.15) is 11.9 Å². The van der Waals surface area contributed by atoms with Crippen molar-refractivity contribution in [3.8, 4) is 10.4 Å². The van der Waals surface area contributed by atoms with Gasteiger partial charge in [-0.15, -0.1) is 11.3 Å². The minimum Gasteiger partial charge on any atom is -0.325 e. The van der Waals surface area contributed by atoms with Gasteiger partial charge < -0.3 is 5.32 Å². The molecule has 1 amide bonds. The summed E-state index contributed by atoms with van der Waals surface area (Å²) in [5.74, 6) is -1.10. The zero-order valence-corrected chi connectivity index (χ0v) is 20.3. The number of thiophene rings is 1. The Morgan fingerprint density at radius 3 is 2.82 bits per heavy atom. The fourth-order valence-corrected chi connectivity index (χ4v) is 6.72. The number of carbonyl (C=O) groups excluding carboxylic acids is 1. The lowest BCUT2D eigenvalue weighted by atomic mass is 10.0. The molecule has 0 radical (unpaired) electrons. The zero-order valence-electron chi connectivity index (χ0n) is 18.0. The molecule has 8 nitrogen and oxygen atoms in total. The molecule has 1 aliphatic heterocycles. The lowest BCUT2D eigenvalue weighted by Gasteiger charge is -2.37. The van der Waals surface area contributed by atoms with Crippen molar-refractivity contribution in [1.29, 1.82) is 0 Å². The zero-order chi connectivity index (χ0) is 23.8. The van der Waals surface area contributed by atoms with E-state index in [4.69, 9.17) is 11.6 Å². The fraction of sp³-hybridized carbons (Fsp3) is 0.333. The Morgan fingerprint density at radius 1 is 1.36 bits per heavy atom. The van der Waals surface area contributed by atoms with Crippen molar-refractivity contribution in [2.24, 2.45) is 7.05 Å². The molecule has 12 heteroatoms. The van der Waals surface area contributed by atoms with Gasteiger partial charge >= 0.3 is 0 Å². The quantitative estimate of drug-likeness (QED) is 0.524. The molecule has 4 rings (SSSR count). The second-order valence-corrected chi connectivity index (χ2v) is 10.9. The van der Waals surface area contributed by atoms with Crippen molar-refractivity contribution in [3.05, 3.63) is 58.4 Å². The molecule has 3 aromatic rings. The molecule has 1 aromatic carbocycles. The number of hydrogen-bond acceptors (Lipinski definition) is 5. The summed E-state index contributed by atoms with van der Waals surface area (Å²) in [5.41, 5.74) is 1.23. The van der Waals surface area contributed by atoms with Crippen LogP contribution in [-0.4, -0.2) is 41.0 Å². The largest absolute Gasteiger partial charge is 0.325 e. The molecule has 0 spiro atoms. The van der Waals surface area contributed by atoms with Crippen molar-refractivity contribution in [2.45, 2.75) is 31.8 Å². The molecule has 2 unspecified atom stereocenters. The second kappa shape index (κ2) is 9.51. The molecule has 33 heavy (non-hydrogen) atoms. The van der Waals surface area contributed by atoms with Gasteiger partial charge in [-0.2, -0.15) is 22.5 Å². The molecule has 3 heterocycles. The lowest BCUT2D eigenvalue weighted by molar-refractivity contribution is -0.120. The maximum atomic E-state index is 13.5. The molecule has 1 aliphatic rings. The van der Waals surface area contributed by atoms with E-state index in [-0.39, 0.29) is 18.0 Å². The predicted molar refractivity (Wildman–Crippen MR) is 127 cm³/mol. The van der Waals surface area contributed by atoms with E-state index in [1.807, 2.05) is 32.3 Å². The molecule has 2 atom stereocenters. The Hall–Kier alpha value is -2.31. The lowest BCUT2D eigenvalue weighted by Crippen LogP contribution is -2.57. The van der Waals surface area contributed by atoms with Gasteiger partial charge in [-0.3, -0.25) is 9.48 Å². The highest BCUT2D eigenvalue weighted by Gasteiger charge is 2.42. The number of aryl methyl sites for hydroxylation is 1. The summed E-state index contributed by atoms with van der Waals surface area (Å²) in [7, 11) is -2.08. The topological polar surface area (TPSA) is 96.3 Å². The van der Waals surface area contributed by atoms with E-state index in [0.717, 1.165) is 21.4 Å². The molecular formula is C21H23ClFN5O3S2. The first kappa shape index (κ1) is 23.8. The Morgan fingerprint density at radius 2 is 2.15 bits per heavy atom. The van der Waals surface area contributed by atoms with Crippen LogP contribution in [0.3, 0.4) is 0 Å². The van der Waals surface area contributed by atoms with E-state index in [1.54, 1.807) is 10.9 Å². The number of rotatable bonds is 6. The molecule has 2 aromatic heterocycles. The summed E-state index contributed by atoms with van der Waals surface area (Å²) in [6.07, 6.45) is 4.41. The van der Waals surface area contributed by atoms with Gasteiger partial charge in [0.2, 0.25) is 5.91 Å². The van der Waals surface area contributed by atoms with Crippen molar-refractivity contribution in [2.75, 3.05) is 11.9 Å². The minimum absolute atomic E-state index is 0.129. The molecule has 0 aliphatic carbocycles. The highest BCUT2D eigenvalue weighted by molar-refractivity contribution is 7.87. The summed E-state index contributed by atoms with van der Waals surface area (Å²) in [5, 5.41) is 6.73. The van der Waals surface area contributed by atoms with Crippen LogP contribution in [0.15, 0.2) is 42.7 Å². The van der Waals surface area contributed by atoms with E-state index < -0.39 is 34.0 Å². The molecule has 0 saturated carbocycles. The summed E-state index contributed by atoms with van der Waals surface area (Å²) in [6.45, 7) is 2.03. The van der Waals surface area contributed by atoms with E-state index in [9.17, 15) is 17.6 Å². The van der Waals surface area contributed by atoms with Crippen LogP contribution in [-0.2, 0) is 22.1 Å². The number of aromatic nitrogens is 2. The van der Waals surface area contributed by atoms with E-state index >= 15 is 0 Å². The SMILES string of the molecule is CCCN1C(C(=O)Nc2ccc(F)c(Cl)c2)CC(c2ccc(-c3cnn(C)c3)s2)NS1(=O)=O. The number of halogens is 2. The molecule has 1 fully saturated rings. The first-order valence-electron chi connectivity index (χ1n) is 10.3. The van der Waals surface area contributed by atoms with Crippen molar-refractivity contribution < 1.29 is 17.6 Å². The molecule has 2 N–H and O–H groups in total. The predicted octanol–water partition coefficient (Wildman–Crippen LogP) is 3.94. The summed E-state index contributed by atoms with van der Waals surface area (Å²) >= 11 is 7.27. The third-order valence-electron chi connectivity index (χ3n) is 5.30. The van der Waals surface area contributed by atoms with Crippen LogP contribution in [0.1, 0.15) is 30.7 Å². The van der Waals surface area contributed by atoms with E-state index in [1.165, 1.54) is 27.8 Å². The summed E-state index contributed by atoms with van der Waals surface area (Å²) in [4.78, 5) is 14.9. The highest BCUT2D eigenvalue weighted by atomic mass is 35.5. The van der Waals surface area contributed by atoms with Crippen molar-refractivity contribution >= 4 is 44.7 Å². The fourth-order valence-electron chi connectivity index (χ4n) is 3.76.